The second-order valence-electron chi connectivity index (χ2n) is 13.2. The van der Waals surface area contributed by atoms with E-state index in [2.05, 4.69) is 10.6 Å². The maximum absolute atomic E-state index is 14.0. The summed E-state index contributed by atoms with van der Waals surface area (Å²) in [4.78, 5) is 54.0. The Kier molecular flexibility index (Phi) is 10.3. The fourth-order valence-electron chi connectivity index (χ4n) is 5.26. The molecule has 9 heteroatoms. The molecule has 0 aromatic heterocycles. The van der Waals surface area contributed by atoms with Crippen molar-refractivity contribution in [3.05, 3.63) is 101 Å². The van der Waals surface area contributed by atoms with Gasteiger partial charge < -0.3 is 25.0 Å². The van der Waals surface area contributed by atoms with E-state index in [-0.39, 0.29) is 24.3 Å². The second-order valence-corrected chi connectivity index (χ2v) is 13.2. The van der Waals surface area contributed by atoms with Gasteiger partial charge in [0.1, 0.15) is 17.2 Å². The summed E-state index contributed by atoms with van der Waals surface area (Å²) >= 11 is 0. The predicted octanol–water partition coefficient (Wildman–Crippen LogP) is 6.69. The molecule has 238 valence electrons. The summed E-state index contributed by atoms with van der Waals surface area (Å²) in [6, 6.07) is 22.6. The van der Waals surface area contributed by atoms with Crippen LogP contribution < -0.4 is 10.6 Å². The number of likely N-dealkylation sites (tertiary alicyclic amines) is 1. The van der Waals surface area contributed by atoms with Crippen molar-refractivity contribution < 1.29 is 28.7 Å². The van der Waals surface area contributed by atoms with Gasteiger partial charge in [-0.15, -0.1) is 0 Å². The Morgan fingerprint density at radius 2 is 1.38 bits per heavy atom. The van der Waals surface area contributed by atoms with Gasteiger partial charge >= 0.3 is 12.1 Å². The third-order valence-corrected chi connectivity index (χ3v) is 7.21. The first-order chi connectivity index (χ1) is 21.2. The van der Waals surface area contributed by atoms with Gasteiger partial charge in [-0.1, -0.05) is 42.5 Å². The molecule has 0 spiro atoms. The van der Waals surface area contributed by atoms with Gasteiger partial charge in [0.05, 0.1) is 5.56 Å². The Morgan fingerprint density at radius 3 is 1.98 bits per heavy atom. The molecule has 1 heterocycles. The van der Waals surface area contributed by atoms with E-state index in [1.165, 1.54) is 0 Å². The molecule has 0 saturated carbocycles. The van der Waals surface area contributed by atoms with Gasteiger partial charge in [0.2, 0.25) is 5.91 Å². The number of nitrogens with one attached hydrogen (secondary N) is 2. The highest BCUT2D eigenvalue weighted by Gasteiger charge is 2.40. The summed E-state index contributed by atoms with van der Waals surface area (Å²) in [7, 11) is 0. The molecule has 1 aliphatic heterocycles. The lowest BCUT2D eigenvalue weighted by atomic mass is 9.82. The lowest BCUT2D eigenvalue weighted by molar-refractivity contribution is -0.122. The number of piperidine rings is 1. The van der Waals surface area contributed by atoms with Crippen LogP contribution in [0.1, 0.15) is 92.1 Å². The molecule has 0 aliphatic carbocycles. The second kappa shape index (κ2) is 14.0. The van der Waals surface area contributed by atoms with Crippen molar-refractivity contribution in [3.8, 4) is 0 Å². The first-order valence-electron chi connectivity index (χ1n) is 15.3. The third-order valence-electron chi connectivity index (χ3n) is 7.21. The van der Waals surface area contributed by atoms with Gasteiger partial charge in [0, 0.05) is 30.3 Å². The summed E-state index contributed by atoms with van der Waals surface area (Å²) in [6.07, 6.45) is 0.979. The molecule has 45 heavy (non-hydrogen) atoms. The number of anilines is 1. The molecule has 4 rings (SSSR count). The number of ether oxygens (including phenoxy) is 2. The average Bonchev–Trinajstić information content (AvgIpc) is 2.98. The zero-order chi connectivity index (χ0) is 32.8. The lowest BCUT2D eigenvalue weighted by Gasteiger charge is -2.40. The van der Waals surface area contributed by atoms with E-state index in [4.69, 9.17) is 9.47 Å². The fraction of sp³-hybridized carbons (Fsp3) is 0.389. The minimum atomic E-state index is -0.757. The van der Waals surface area contributed by atoms with Crippen molar-refractivity contribution >= 4 is 29.6 Å². The van der Waals surface area contributed by atoms with Crippen LogP contribution in [0.5, 0.6) is 0 Å². The monoisotopic (exact) mass is 613 g/mol. The maximum Gasteiger partial charge on any atom is 0.407 e. The minimum Gasteiger partial charge on any atom is -0.456 e. The predicted molar refractivity (Wildman–Crippen MR) is 173 cm³/mol. The highest BCUT2D eigenvalue weighted by atomic mass is 16.6. The molecule has 1 aliphatic rings. The summed E-state index contributed by atoms with van der Waals surface area (Å²) < 4.78 is 10.7. The van der Waals surface area contributed by atoms with Crippen molar-refractivity contribution in [2.24, 2.45) is 0 Å². The number of rotatable bonds is 7. The number of carbonyl (C=O) groups is 4. The van der Waals surface area contributed by atoms with Crippen molar-refractivity contribution in [1.29, 1.82) is 0 Å². The van der Waals surface area contributed by atoms with E-state index in [0.717, 1.165) is 24.0 Å². The quantitative estimate of drug-likeness (QED) is 0.287. The van der Waals surface area contributed by atoms with Gasteiger partial charge in [-0.25, -0.2) is 9.59 Å². The topological polar surface area (TPSA) is 114 Å². The molecule has 0 bridgehead atoms. The van der Waals surface area contributed by atoms with Crippen LogP contribution in [-0.4, -0.2) is 52.6 Å². The van der Waals surface area contributed by atoms with Gasteiger partial charge in [0.15, 0.2) is 0 Å². The number of alkyl carbamates (subject to hydrolysis) is 1. The largest absolute Gasteiger partial charge is 0.456 e. The maximum atomic E-state index is 14.0. The molecular formula is C36H43N3O6. The van der Waals surface area contributed by atoms with Crippen LogP contribution >= 0.6 is 0 Å². The Labute approximate surface area is 265 Å². The van der Waals surface area contributed by atoms with E-state index in [9.17, 15) is 19.2 Å². The zero-order valence-electron chi connectivity index (χ0n) is 26.9. The highest BCUT2D eigenvalue weighted by Crippen LogP contribution is 2.34. The number of benzene rings is 3. The molecule has 9 nitrogen and oxygen atoms in total. The Hall–Kier alpha value is -4.66. The average molecular weight is 614 g/mol. The molecule has 0 radical (unpaired) electrons. The molecular weight excluding hydrogens is 570 g/mol. The van der Waals surface area contributed by atoms with Gasteiger partial charge in [-0.3, -0.25) is 9.59 Å². The fourth-order valence-corrected chi connectivity index (χ4v) is 5.26. The molecule has 1 fully saturated rings. The van der Waals surface area contributed by atoms with Crippen LogP contribution in [0.15, 0.2) is 78.9 Å². The highest BCUT2D eigenvalue weighted by molar-refractivity contribution is 6.02. The van der Waals surface area contributed by atoms with Crippen LogP contribution in [-0.2, 0) is 20.8 Å². The van der Waals surface area contributed by atoms with Gasteiger partial charge in [-0.05, 0) is 102 Å². The van der Waals surface area contributed by atoms with Gasteiger partial charge in [-0.2, -0.15) is 0 Å². The van der Waals surface area contributed by atoms with E-state index in [1.807, 2.05) is 30.3 Å². The van der Waals surface area contributed by atoms with Crippen molar-refractivity contribution in [2.75, 3.05) is 11.9 Å². The lowest BCUT2D eigenvalue weighted by Crippen LogP contribution is -2.53. The molecule has 3 aromatic carbocycles. The number of esters is 1. The molecule has 3 aromatic rings. The van der Waals surface area contributed by atoms with E-state index in [1.54, 1.807) is 95.0 Å². The molecule has 2 N–H and O–H groups in total. The van der Waals surface area contributed by atoms with Crippen LogP contribution in [0.4, 0.5) is 10.5 Å². The SMILES string of the molecule is CC(C)(C)OC(=O)NCc1ccc(C(=O)N2CCCC(c3ccccc3)C2C(=O)Nc2ccc(C(=O)OC(C)(C)C)cc2)cc1. The summed E-state index contributed by atoms with van der Waals surface area (Å²) in [5.41, 5.74) is 1.91. The first kappa shape index (κ1) is 33.2. The minimum absolute atomic E-state index is 0.206. The number of carbonyl (C=O) groups excluding carboxylic acids is 4. The zero-order valence-corrected chi connectivity index (χ0v) is 26.9. The van der Waals surface area contributed by atoms with Crippen LogP contribution in [0.2, 0.25) is 0 Å². The molecule has 3 amide bonds. The molecule has 2 unspecified atom stereocenters. The van der Waals surface area contributed by atoms with Crippen molar-refractivity contribution in [1.82, 2.24) is 10.2 Å². The summed E-state index contributed by atoms with van der Waals surface area (Å²) in [6.45, 7) is 11.5. The third kappa shape index (κ3) is 9.41. The standard InChI is InChI=1S/C36H43N3O6/c1-35(2,3)44-33(42)27-18-20-28(21-19-27)38-31(40)30-29(25-11-8-7-9-12-25)13-10-22-39(30)32(41)26-16-14-24(15-17-26)23-37-34(43)45-36(4,5)6/h7-9,11-12,14-21,29-30H,10,13,22-23H2,1-6H3,(H,37,43)(H,38,40). The summed E-state index contributed by atoms with van der Waals surface area (Å²) in [5.74, 6) is -1.20. The number of hydrogen-bond donors (Lipinski definition) is 2. The number of nitrogens with zero attached hydrogens (tertiary/aromatic N) is 1. The molecule has 2 atom stereocenters. The smallest absolute Gasteiger partial charge is 0.407 e. The normalized spacial score (nSPS) is 16.8. The van der Waals surface area contributed by atoms with Gasteiger partial charge in [0.25, 0.3) is 5.91 Å². The summed E-state index contributed by atoms with van der Waals surface area (Å²) in [5, 5.41) is 5.70. The Bertz CT molecular complexity index is 1490. The van der Waals surface area contributed by atoms with Crippen LogP contribution in [0.3, 0.4) is 0 Å². The van der Waals surface area contributed by atoms with Crippen LogP contribution in [0.25, 0.3) is 0 Å². The Balaban J connectivity index is 1.52. The Morgan fingerprint density at radius 1 is 0.778 bits per heavy atom. The number of amides is 3. The number of hydrogen-bond acceptors (Lipinski definition) is 6. The van der Waals surface area contributed by atoms with Crippen molar-refractivity contribution in [3.63, 3.8) is 0 Å². The van der Waals surface area contributed by atoms with E-state index >= 15 is 0 Å². The first-order valence-corrected chi connectivity index (χ1v) is 15.3. The van der Waals surface area contributed by atoms with Crippen molar-refractivity contribution in [2.45, 2.75) is 84.1 Å². The van der Waals surface area contributed by atoms with E-state index < -0.39 is 29.3 Å². The van der Waals surface area contributed by atoms with Crippen LogP contribution in [0, 0.1) is 0 Å². The van der Waals surface area contributed by atoms with E-state index in [0.29, 0.717) is 23.4 Å². The molecule has 1 saturated heterocycles.